The molecule has 4 rings (SSSR count). The van der Waals surface area contributed by atoms with Crippen LogP contribution in [-0.2, 0) is 4.79 Å². The van der Waals surface area contributed by atoms with Gasteiger partial charge in [-0.3, -0.25) is 4.79 Å². The highest BCUT2D eigenvalue weighted by Crippen LogP contribution is 2.35. The van der Waals surface area contributed by atoms with Gasteiger partial charge in [0.05, 0.1) is 27.5 Å². The van der Waals surface area contributed by atoms with Crippen molar-refractivity contribution in [3.05, 3.63) is 70.0 Å². The summed E-state index contributed by atoms with van der Waals surface area (Å²) < 4.78 is 16.3. The Balaban J connectivity index is 2.07. The number of carbonyl (C=O) groups excluding carboxylic acids is 1. The average Bonchev–Trinajstić information content (AvgIpc) is 2.95. The third-order valence-corrected chi connectivity index (χ3v) is 7.44. The van der Waals surface area contributed by atoms with Gasteiger partial charge in [-0.15, -0.1) is 0 Å². The molecule has 1 amide bonds. The standard InChI is InChI=1S/C30H35ClFN7O2/c1-7-23(40)37-12-14-38(15-13-37)28-20-16-21(31)26(19-10-8-9-11-22(19)32)35-29(20)39(30(41)36-28)27(24(33)17(2)3)25(34-6)18(4)5/h7-11,16-18,33-34H,1,12-15H2,2-6H3/b27-25+,33-24?. The first-order valence-corrected chi connectivity index (χ1v) is 13.9. The molecule has 3 heterocycles. The second kappa shape index (κ2) is 12.2. The van der Waals surface area contributed by atoms with Crippen molar-refractivity contribution in [1.82, 2.24) is 24.8 Å². The van der Waals surface area contributed by atoms with Gasteiger partial charge in [0.1, 0.15) is 11.6 Å². The Kier molecular flexibility index (Phi) is 8.92. The van der Waals surface area contributed by atoms with Crippen LogP contribution in [0.25, 0.3) is 28.0 Å². The second-order valence-corrected chi connectivity index (χ2v) is 10.9. The third-order valence-electron chi connectivity index (χ3n) is 7.15. The fourth-order valence-electron chi connectivity index (χ4n) is 5.00. The number of benzene rings is 1. The zero-order valence-electron chi connectivity index (χ0n) is 24.0. The molecule has 0 spiro atoms. The number of fused-ring (bicyclic) bond motifs is 1. The number of carbonyl (C=O) groups is 1. The number of halogens is 2. The molecule has 0 aliphatic carbocycles. The summed E-state index contributed by atoms with van der Waals surface area (Å²) in [4.78, 5) is 39.0. The van der Waals surface area contributed by atoms with E-state index in [-0.39, 0.29) is 45.4 Å². The molecule has 3 aromatic rings. The van der Waals surface area contributed by atoms with Crippen LogP contribution < -0.4 is 15.9 Å². The fraction of sp³-hybridized carbons (Fsp3) is 0.367. The maximum atomic E-state index is 14.9. The summed E-state index contributed by atoms with van der Waals surface area (Å²) in [5.74, 6) is -0.580. The van der Waals surface area contributed by atoms with E-state index in [9.17, 15) is 14.0 Å². The fourth-order valence-corrected chi connectivity index (χ4v) is 5.25. The van der Waals surface area contributed by atoms with Crippen molar-refractivity contribution in [2.45, 2.75) is 27.7 Å². The van der Waals surface area contributed by atoms with Crippen LogP contribution in [-0.4, -0.2) is 64.3 Å². The number of pyridine rings is 1. The molecule has 0 radical (unpaired) electrons. The van der Waals surface area contributed by atoms with E-state index >= 15 is 0 Å². The van der Waals surface area contributed by atoms with Crippen LogP contribution in [0, 0.1) is 23.1 Å². The summed E-state index contributed by atoms with van der Waals surface area (Å²) in [6.07, 6.45) is 1.28. The van der Waals surface area contributed by atoms with Crippen LogP contribution in [0.2, 0.25) is 5.02 Å². The Morgan fingerprint density at radius 3 is 2.34 bits per heavy atom. The van der Waals surface area contributed by atoms with Crippen molar-refractivity contribution in [3.8, 4) is 11.3 Å². The zero-order chi connectivity index (χ0) is 30.0. The minimum absolute atomic E-state index is 0.0652. The second-order valence-electron chi connectivity index (χ2n) is 10.5. The molecule has 0 bridgehead atoms. The van der Waals surface area contributed by atoms with Crippen LogP contribution in [0.1, 0.15) is 27.7 Å². The lowest BCUT2D eigenvalue weighted by molar-refractivity contribution is -0.126. The van der Waals surface area contributed by atoms with E-state index < -0.39 is 11.5 Å². The van der Waals surface area contributed by atoms with Gasteiger partial charge in [-0.1, -0.05) is 58.0 Å². The maximum absolute atomic E-state index is 14.9. The molecule has 1 fully saturated rings. The Labute approximate surface area is 243 Å². The van der Waals surface area contributed by atoms with Gasteiger partial charge in [-0.05, 0) is 36.1 Å². The van der Waals surface area contributed by atoms with Crippen molar-refractivity contribution in [2.75, 3.05) is 38.1 Å². The maximum Gasteiger partial charge on any atom is 0.355 e. The number of hydrogen-bond donors (Lipinski definition) is 2. The Hall–Kier alpha value is -4.05. The van der Waals surface area contributed by atoms with Gasteiger partial charge in [0.15, 0.2) is 5.65 Å². The molecule has 9 nitrogen and oxygen atoms in total. The largest absolute Gasteiger partial charge is 0.389 e. The van der Waals surface area contributed by atoms with Gasteiger partial charge in [0, 0.05) is 44.5 Å². The molecule has 1 aliphatic rings. The molecule has 216 valence electrons. The van der Waals surface area contributed by atoms with Gasteiger partial charge in [0.2, 0.25) is 5.91 Å². The lowest BCUT2D eigenvalue weighted by Crippen LogP contribution is -2.49. The average molecular weight is 580 g/mol. The number of hydrogen-bond acceptors (Lipinski definition) is 7. The van der Waals surface area contributed by atoms with E-state index in [2.05, 4.69) is 16.9 Å². The van der Waals surface area contributed by atoms with Crippen LogP contribution in [0.15, 0.2) is 53.5 Å². The smallest absolute Gasteiger partial charge is 0.355 e. The summed E-state index contributed by atoms with van der Waals surface area (Å²) in [6.45, 7) is 13.0. The summed E-state index contributed by atoms with van der Waals surface area (Å²) in [5, 5.41) is 12.9. The summed E-state index contributed by atoms with van der Waals surface area (Å²) in [6, 6.07) is 7.82. The van der Waals surface area contributed by atoms with E-state index in [1.54, 1.807) is 36.2 Å². The number of anilines is 1. The lowest BCUT2D eigenvalue weighted by Gasteiger charge is -2.35. The van der Waals surface area contributed by atoms with Crippen molar-refractivity contribution < 1.29 is 9.18 Å². The van der Waals surface area contributed by atoms with Gasteiger partial charge < -0.3 is 20.5 Å². The number of aromatic nitrogens is 3. The van der Waals surface area contributed by atoms with E-state index in [4.69, 9.17) is 22.0 Å². The monoisotopic (exact) mass is 579 g/mol. The molecular formula is C30H35ClFN7O2. The molecule has 2 N–H and O–H groups in total. The van der Waals surface area contributed by atoms with Gasteiger partial charge in [-0.25, -0.2) is 18.7 Å². The highest BCUT2D eigenvalue weighted by atomic mass is 35.5. The molecule has 11 heteroatoms. The molecule has 1 aromatic carbocycles. The topological polar surface area (TPSA) is 107 Å². The van der Waals surface area contributed by atoms with Crippen molar-refractivity contribution >= 4 is 45.8 Å². The van der Waals surface area contributed by atoms with Crippen LogP contribution in [0.3, 0.4) is 0 Å². The van der Waals surface area contributed by atoms with E-state index in [0.29, 0.717) is 48.8 Å². The number of allylic oxidation sites excluding steroid dienone is 2. The number of nitrogens with one attached hydrogen (secondary N) is 2. The number of amides is 1. The molecule has 1 saturated heterocycles. The first kappa shape index (κ1) is 29.9. The minimum atomic E-state index is -0.625. The predicted octanol–water partition coefficient (Wildman–Crippen LogP) is 4.81. The Morgan fingerprint density at radius 2 is 1.78 bits per heavy atom. The minimum Gasteiger partial charge on any atom is -0.389 e. The van der Waals surface area contributed by atoms with Crippen LogP contribution in [0.4, 0.5) is 10.2 Å². The lowest BCUT2D eigenvalue weighted by atomic mass is 9.98. The number of rotatable bonds is 8. The molecule has 1 aliphatic heterocycles. The van der Waals surface area contributed by atoms with Crippen molar-refractivity contribution in [3.63, 3.8) is 0 Å². The summed E-state index contributed by atoms with van der Waals surface area (Å²) in [5.41, 5.74) is 1.19. The van der Waals surface area contributed by atoms with Gasteiger partial charge in [-0.2, -0.15) is 4.98 Å². The normalized spacial score (nSPS) is 14.5. The molecule has 0 atom stereocenters. The quantitative estimate of drug-likeness (QED) is 0.293. The highest BCUT2D eigenvalue weighted by Gasteiger charge is 2.28. The highest BCUT2D eigenvalue weighted by molar-refractivity contribution is 6.34. The summed E-state index contributed by atoms with van der Waals surface area (Å²) in [7, 11) is 1.75. The van der Waals surface area contributed by atoms with Crippen LogP contribution in [0.5, 0.6) is 0 Å². The van der Waals surface area contributed by atoms with Crippen molar-refractivity contribution in [2.24, 2.45) is 11.8 Å². The van der Waals surface area contributed by atoms with Crippen LogP contribution >= 0.6 is 11.6 Å². The zero-order valence-corrected chi connectivity index (χ0v) is 24.7. The Morgan fingerprint density at radius 1 is 1.12 bits per heavy atom. The summed E-state index contributed by atoms with van der Waals surface area (Å²) >= 11 is 6.74. The molecule has 0 saturated carbocycles. The molecule has 2 aromatic heterocycles. The van der Waals surface area contributed by atoms with E-state index in [0.717, 1.165) is 0 Å². The SMILES string of the molecule is C=CC(=O)N1CCN(c2nc(=O)n(/C(C(=N)C(C)C)=C(/NC)C(C)C)c3nc(-c4ccccc4F)c(Cl)cc23)CC1. The van der Waals surface area contributed by atoms with Crippen molar-refractivity contribution in [1.29, 1.82) is 5.41 Å². The number of nitrogens with zero attached hydrogens (tertiary/aromatic N) is 5. The first-order chi connectivity index (χ1) is 19.5. The Bertz CT molecular complexity index is 1600. The van der Waals surface area contributed by atoms with E-state index in [1.807, 2.05) is 32.6 Å². The van der Waals surface area contributed by atoms with E-state index in [1.165, 1.54) is 16.7 Å². The molecule has 41 heavy (non-hydrogen) atoms. The number of piperazine rings is 1. The van der Waals surface area contributed by atoms with Gasteiger partial charge >= 0.3 is 5.69 Å². The van der Waals surface area contributed by atoms with Gasteiger partial charge in [0.25, 0.3) is 0 Å². The predicted molar refractivity (Wildman–Crippen MR) is 163 cm³/mol. The molecule has 0 unspecified atom stereocenters. The molecular weight excluding hydrogens is 545 g/mol. The third kappa shape index (κ3) is 5.74. The first-order valence-electron chi connectivity index (χ1n) is 13.6.